The molecule has 0 aromatic heterocycles. The summed E-state index contributed by atoms with van der Waals surface area (Å²) >= 11 is 0. The van der Waals surface area contributed by atoms with Crippen molar-refractivity contribution in [1.82, 2.24) is 10.0 Å². The Morgan fingerprint density at radius 2 is 1.78 bits per heavy atom. The predicted molar refractivity (Wildman–Crippen MR) is 66.5 cm³/mol. The van der Waals surface area contributed by atoms with Crippen LogP contribution in [0.25, 0.3) is 0 Å². The zero-order valence-corrected chi connectivity index (χ0v) is 11.8. The van der Waals surface area contributed by atoms with Crippen LogP contribution in [0.2, 0.25) is 0 Å². The Labute approximate surface area is 107 Å². The summed E-state index contributed by atoms with van der Waals surface area (Å²) in [6.07, 6.45) is -0.0389. The standard InChI is InChI=1S/C10H20N2O5S/c1-7(9(14)15)18(16,17)11-6-5-8(13)12-10(2,3)4/h7,11H,5-6H2,1-4H3,(H,12,13)(H,14,15). The number of rotatable bonds is 6. The number of carbonyl (C=O) groups excluding carboxylic acids is 1. The first-order valence-electron chi connectivity index (χ1n) is 5.48. The van der Waals surface area contributed by atoms with Gasteiger partial charge in [-0.3, -0.25) is 9.59 Å². The van der Waals surface area contributed by atoms with Gasteiger partial charge in [-0.05, 0) is 27.7 Å². The fraction of sp³-hybridized carbons (Fsp3) is 0.800. The molecule has 0 saturated carbocycles. The lowest BCUT2D eigenvalue weighted by molar-refractivity contribution is -0.136. The molecule has 0 radical (unpaired) electrons. The van der Waals surface area contributed by atoms with Crippen molar-refractivity contribution in [3.8, 4) is 0 Å². The van der Waals surface area contributed by atoms with E-state index in [1.54, 1.807) is 0 Å². The molecule has 7 nitrogen and oxygen atoms in total. The molecule has 0 heterocycles. The Bertz CT molecular complexity index is 410. The van der Waals surface area contributed by atoms with Gasteiger partial charge in [0, 0.05) is 18.5 Å². The lowest BCUT2D eigenvalue weighted by atomic mass is 10.1. The second-order valence-electron chi connectivity index (χ2n) is 4.97. The van der Waals surface area contributed by atoms with E-state index in [4.69, 9.17) is 5.11 Å². The third-order valence-corrected chi connectivity index (χ3v) is 3.72. The summed E-state index contributed by atoms with van der Waals surface area (Å²) < 4.78 is 24.9. The van der Waals surface area contributed by atoms with Crippen LogP contribution in [-0.4, -0.2) is 42.7 Å². The van der Waals surface area contributed by atoms with Crippen LogP contribution in [0.3, 0.4) is 0 Å². The molecule has 0 bridgehead atoms. The minimum Gasteiger partial charge on any atom is -0.480 e. The molecule has 0 aliphatic heterocycles. The summed E-state index contributed by atoms with van der Waals surface area (Å²) in [6.45, 7) is 6.37. The molecule has 0 aliphatic carbocycles. The van der Waals surface area contributed by atoms with Crippen molar-refractivity contribution in [2.45, 2.75) is 44.9 Å². The third kappa shape index (κ3) is 6.55. The maximum absolute atomic E-state index is 11.4. The zero-order chi connectivity index (χ0) is 14.6. The number of carboxylic acid groups (broad SMARTS) is 1. The predicted octanol–water partition coefficient (Wildman–Crippen LogP) is -0.316. The minimum absolute atomic E-state index is 0.0389. The van der Waals surface area contributed by atoms with Crippen molar-refractivity contribution in [3.05, 3.63) is 0 Å². The van der Waals surface area contributed by atoms with Gasteiger partial charge in [-0.2, -0.15) is 0 Å². The first-order chi connectivity index (χ1) is 7.96. The van der Waals surface area contributed by atoms with E-state index in [2.05, 4.69) is 10.0 Å². The van der Waals surface area contributed by atoms with Gasteiger partial charge in [0.05, 0.1) is 0 Å². The number of aliphatic carboxylic acids is 1. The molecule has 106 valence electrons. The fourth-order valence-corrected chi connectivity index (χ4v) is 1.95. The van der Waals surface area contributed by atoms with Crippen LogP contribution < -0.4 is 10.0 Å². The number of hydrogen-bond acceptors (Lipinski definition) is 4. The van der Waals surface area contributed by atoms with Crippen LogP contribution >= 0.6 is 0 Å². The molecule has 8 heteroatoms. The highest BCUT2D eigenvalue weighted by Gasteiger charge is 2.27. The Morgan fingerprint density at radius 1 is 1.28 bits per heavy atom. The number of sulfonamides is 1. The van der Waals surface area contributed by atoms with Crippen LogP contribution in [0, 0.1) is 0 Å². The molecular weight excluding hydrogens is 260 g/mol. The number of carboxylic acids is 1. The molecule has 0 rings (SSSR count). The summed E-state index contributed by atoms with van der Waals surface area (Å²) in [5.41, 5.74) is -0.385. The average molecular weight is 280 g/mol. The van der Waals surface area contributed by atoms with Crippen molar-refractivity contribution >= 4 is 21.9 Å². The van der Waals surface area contributed by atoms with Gasteiger partial charge in [-0.15, -0.1) is 0 Å². The second-order valence-corrected chi connectivity index (χ2v) is 7.05. The maximum atomic E-state index is 11.4. The molecule has 0 fully saturated rings. The van der Waals surface area contributed by atoms with Gasteiger partial charge >= 0.3 is 5.97 Å². The summed E-state index contributed by atoms with van der Waals surface area (Å²) in [5, 5.41) is 9.71. The van der Waals surface area contributed by atoms with Crippen LogP contribution in [0.5, 0.6) is 0 Å². The second kappa shape index (κ2) is 6.14. The van der Waals surface area contributed by atoms with E-state index in [-0.39, 0.29) is 24.4 Å². The number of nitrogens with one attached hydrogen (secondary N) is 2. The normalized spacial score (nSPS) is 14.0. The van der Waals surface area contributed by atoms with E-state index in [0.717, 1.165) is 6.92 Å². The number of hydrogen-bond donors (Lipinski definition) is 3. The van der Waals surface area contributed by atoms with Crippen molar-refractivity contribution in [3.63, 3.8) is 0 Å². The molecule has 0 spiro atoms. The van der Waals surface area contributed by atoms with Crippen LogP contribution in [-0.2, 0) is 19.6 Å². The molecule has 0 aromatic rings. The van der Waals surface area contributed by atoms with Crippen LogP contribution in [0.4, 0.5) is 0 Å². The Hall–Kier alpha value is -1.15. The van der Waals surface area contributed by atoms with E-state index in [1.807, 2.05) is 20.8 Å². The van der Waals surface area contributed by atoms with E-state index in [9.17, 15) is 18.0 Å². The molecule has 1 atom stereocenters. The van der Waals surface area contributed by atoms with Gasteiger partial charge < -0.3 is 10.4 Å². The van der Waals surface area contributed by atoms with Gasteiger partial charge in [0.1, 0.15) is 0 Å². The first-order valence-corrected chi connectivity index (χ1v) is 7.02. The zero-order valence-electron chi connectivity index (χ0n) is 11.0. The third-order valence-electron chi connectivity index (χ3n) is 1.98. The lowest BCUT2D eigenvalue weighted by Gasteiger charge is -2.20. The lowest BCUT2D eigenvalue weighted by Crippen LogP contribution is -2.43. The van der Waals surface area contributed by atoms with Gasteiger partial charge in [0.25, 0.3) is 0 Å². The summed E-state index contributed by atoms with van der Waals surface area (Å²) in [4.78, 5) is 21.9. The van der Waals surface area contributed by atoms with Crippen molar-refractivity contribution < 1.29 is 23.1 Å². The molecule has 1 amide bonds. The topological polar surface area (TPSA) is 113 Å². The van der Waals surface area contributed by atoms with Crippen LogP contribution in [0.15, 0.2) is 0 Å². The van der Waals surface area contributed by atoms with E-state index in [1.165, 1.54) is 0 Å². The Balaban J connectivity index is 4.21. The SMILES string of the molecule is CC(C(=O)O)S(=O)(=O)NCCC(=O)NC(C)(C)C. The molecule has 3 N–H and O–H groups in total. The molecule has 0 aromatic carbocycles. The van der Waals surface area contributed by atoms with E-state index in [0.29, 0.717) is 0 Å². The van der Waals surface area contributed by atoms with Gasteiger partial charge in [0.2, 0.25) is 15.9 Å². The summed E-state index contributed by atoms with van der Waals surface area (Å²) in [6, 6.07) is 0. The molecule has 1 unspecified atom stereocenters. The molecule has 0 saturated heterocycles. The van der Waals surface area contributed by atoms with Crippen molar-refractivity contribution in [2.24, 2.45) is 0 Å². The Kier molecular flexibility index (Phi) is 5.75. The van der Waals surface area contributed by atoms with E-state index < -0.39 is 21.2 Å². The monoisotopic (exact) mass is 280 g/mol. The van der Waals surface area contributed by atoms with Crippen molar-refractivity contribution in [2.75, 3.05) is 6.54 Å². The summed E-state index contributed by atoms with van der Waals surface area (Å²) in [7, 11) is -3.93. The first kappa shape index (κ1) is 16.9. The molecule has 18 heavy (non-hydrogen) atoms. The fourth-order valence-electron chi connectivity index (χ4n) is 1.05. The highest BCUT2D eigenvalue weighted by atomic mass is 32.2. The van der Waals surface area contributed by atoms with Crippen molar-refractivity contribution in [1.29, 1.82) is 0 Å². The molecular formula is C10H20N2O5S. The molecule has 0 aliphatic rings. The van der Waals surface area contributed by atoms with Gasteiger partial charge in [-0.1, -0.05) is 0 Å². The number of carbonyl (C=O) groups is 2. The maximum Gasteiger partial charge on any atom is 0.323 e. The number of amides is 1. The van der Waals surface area contributed by atoms with Gasteiger partial charge in [-0.25, -0.2) is 13.1 Å². The average Bonchev–Trinajstić information content (AvgIpc) is 2.12. The minimum atomic E-state index is -3.93. The smallest absolute Gasteiger partial charge is 0.323 e. The largest absolute Gasteiger partial charge is 0.480 e. The van der Waals surface area contributed by atoms with Gasteiger partial charge in [0.15, 0.2) is 5.25 Å². The highest BCUT2D eigenvalue weighted by Crippen LogP contribution is 2.00. The Morgan fingerprint density at radius 3 is 2.17 bits per heavy atom. The summed E-state index contributed by atoms with van der Waals surface area (Å²) in [5.74, 6) is -1.73. The quantitative estimate of drug-likeness (QED) is 0.617. The highest BCUT2D eigenvalue weighted by molar-refractivity contribution is 7.90. The van der Waals surface area contributed by atoms with Crippen LogP contribution in [0.1, 0.15) is 34.1 Å². The van der Waals surface area contributed by atoms with E-state index >= 15 is 0 Å².